The van der Waals surface area contributed by atoms with Gasteiger partial charge in [0.15, 0.2) is 4.34 Å². The second kappa shape index (κ2) is 11.0. The van der Waals surface area contributed by atoms with Gasteiger partial charge in [-0.3, -0.25) is 9.69 Å². The number of piperidine rings is 1. The summed E-state index contributed by atoms with van der Waals surface area (Å²) in [5.74, 6) is 0.487. The van der Waals surface area contributed by atoms with Gasteiger partial charge in [-0.2, -0.15) is 0 Å². The van der Waals surface area contributed by atoms with Gasteiger partial charge in [-0.1, -0.05) is 53.2 Å². The molecule has 3 aromatic rings. The van der Waals surface area contributed by atoms with Crippen LogP contribution in [0.15, 0.2) is 46.8 Å². The number of nitrogens with one attached hydrogen (secondary N) is 1. The molecule has 0 aliphatic carbocycles. The third-order valence-corrected chi connectivity index (χ3v) is 7.86. The van der Waals surface area contributed by atoms with E-state index in [0.29, 0.717) is 15.8 Å². The summed E-state index contributed by atoms with van der Waals surface area (Å²) in [6.45, 7) is 2.76. The number of benzene rings is 2. The molecule has 9 heteroatoms. The number of hydrogen-bond acceptors (Lipinski definition) is 5. The molecule has 0 radical (unpaired) electrons. The lowest BCUT2D eigenvalue weighted by molar-refractivity contribution is -0.119. The van der Waals surface area contributed by atoms with Crippen molar-refractivity contribution in [3.8, 4) is 0 Å². The summed E-state index contributed by atoms with van der Waals surface area (Å²) in [7, 11) is 0. The molecule has 1 N–H and O–H groups in total. The zero-order valence-corrected chi connectivity index (χ0v) is 20.1. The molecule has 0 atom stereocenters. The number of thioether (sulfide) groups is 1. The summed E-state index contributed by atoms with van der Waals surface area (Å²) in [6.07, 6.45) is 1.91. The van der Waals surface area contributed by atoms with Crippen LogP contribution in [0.2, 0.25) is 10.0 Å². The molecular formula is C21H22Cl3N3OS2. The van der Waals surface area contributed by atoms with Gasteiger partial charge in [0.1, 0.15) is 0 Å². The molecule has 0 saturated carbocycles. The van der Waals surface area contributed by atoms with Crippen molar-refractivity contribution in [2.75, 3.05) is 18.8 Å². The summed E-state index contributed by atoms with van der Waals surface area (Å²) < 4.78 is 2.10. The number of halogens is 3. The first-order valence-corrected chi connectivity index (χ1v) is 12.1. The lowest BCUT2D eigenvalue weighted by Crippen LogP contribution is -2.44. The highest BCUT2D eigenvalue weighted by molar-refractivity contribution is 8.01. The molecule has 0 unspecified atom stereocenters. The molecule has 2 aromatic carbocycles. The molecule has 1 saturated heterocycles. The fourth-order valence-corrected chi connectivity index (χ4v) is 5.64. The van der Waals surface area contributed by atoms with E-state index in [0.717, 1.165) is 52.6 Å². The zero-order chi connectivity index (χ0) is 20.2. The second-order valence-electron chi connectivity index (χ2n) is 7.10. The van der Waals surface area contributed by atoms with Gasteiger partial charge in [0.2, 0.25) is 5.91 Å². The summed E-state index contributed by atoms with van der Waals surface area (Å²) >= 11 is 15.2. The van der Waals surface area contributed by atoms with Crippen LogP contribution in [0.5, 0.6) is 0 Å². The van der Waals surface area contributed by atoms with E-state index in [9.17, 15) is 4.79 Å². The maximum Gasteiger partial charge on any atom is 0.230 e. The fourth-order valence-electron chi connectivity index (χ4n) is 3.44. The van der Waals surface area contributed by atoms with Crippen molar-refractivity contribution in [3.05, 3.63) is 58.1 Å². The number of fused-ring (bicyclic) bond motifs is 1. The molecule has 2 heterocycles. The van der Waals surface area contributed by atoms with Gasteiger partial charge in [0.05, 0.1) is 26.0 Å². The molecule has 0 spiro atoms. The molecule has 0 bridgehead atoms. The average molecular weight is 503 g/mol. The molecule has 4 nitrogen and oxygen atoms in total. The highest BCUT2D eigenvalue weighted by Gasteiger charge is 2.21. The molecule has 30 heavy (non-hydrogen) atoms. The van der Waals surface area contributed by atoms with Gasteiger partial charge < -0.3 is 5.32 Å². The monoisotopic (exact) mass is 501 g/mol. The Morgan fingerprint density at radius 2 is 1.93 bits per heavy atom. The number of likely N-dealkylation sites (tertiary alicyclic amines) is 1. The number of carbonyl (C=O) groups excluding carboxylic acids is 1. The predicted molar refractivity (Wildman–Crippen MR) is 130 cm³/mol. The van der Waals surface area contributed by atoms with Crippen molar-refractivity contribution in [3.63, 3.8) is 0 Å². The smallest absolute Gasteiger partial charge is 0.230 e. The minimum absolute atomic E-state index is 0. The van der Waals surface area contributed by atoms with Crippen molar-refractivity contribution < 1.29 is 4.79 Å². The van der Waals surface area contributed by atoms with Crippen LogP contribution in [0.4, 0.5) is 0 Å². The van der Waals surface area contributed by atoms with Crippen molar-refractivity contribution in [2.24, 2.45) is 0 Å². The molecule has 1 fully saturated rings. The van der Waals surface area contributed by atoms with E-state index in [1.807, 2.05) is 36.4 Å². The highest BCUT2D eigenvalue weighted by Crippen LogP contribution is 2.29. The Morgan fingerprint density at radius 3 is 2.67 bits per heavy atom. The third kappa shape index (κ3) is 6.25. The van der Waals surface area contributed by atoms with Gasteiger partial charge in [0.25, 0.3) is 0 Å². The lowest BCUT2D eigenvalue weighted by Gasteiger charge is -2.32. The Kier molecular flexibility index (Phi) is 8.69. The van der Waals surface area contributed by atoms with Crippen molar-refractivity contribution in [1.29, 1.82) is 0 Å². The second-order valence-corrected chi connectivity index (χ2v) is 10.2. The number of amides is 1. The zero-order valence-electron chi connectivity index (χ0n) is 16.1. The number of hydrogen-bond donors (Lipinski definition) is 1. The average Bonchev–Trinajstić information content (AvgIpc) is 3.14. The van der Waals surface area contributed by atoms with Crippen molar-refractivity contribution >= 4 is 74.8 Å². The first kappa shape index (κ1) is 23.6. The van der Waals surface area contributed by atoms with Gasteiger partial charge in [-0.25, -0.2) is 4.98 Å². The van der Waals surface area contributed by atoms with E-state index < -0.39 is 0 Å². The summed E-state index contributed by atoms with van der Waals surface area (Å²) in [6, 6.07) is 14.1. The van der Waals surface area contributed by atoms with E-state index in [-0.39, 0.29) is 24.4 Å². The first-order chi connectivity index (χ1) is 14.1. The standard InChI is InChI=1S/C21H21Cl2N3OS2.ClH/c22-16-6-5-14(11-17(16)23)12-26-9-7-15(8-10-26)24-20(27)13-28-21-25-18-3-1-2-4-19(18)29-21;/h1-6,11,15H,7-10,12-13H2,(H,24,27);1H. The number of aromatic nitrogens is 1. The molecule has 4 rings (SSSR count). The van der Waals surface area contributed by atoms with Crippen LogP contribution in [0, 0.1) is 0 Å². The lowest BCUT2D eigenvalue weighted by atomic mass is 10.0. The van der Waals surface area contributed by atoms with Crippen LogP contribution in [-0.4, -0.2) is 40.7 Å². The Balaban J connectivity index is 0.00000256. The van der Waals surface area contributed by atoms with Gasteiger partial charge in [0, 0.05) is 25.7 Å². The minimum Gasteiger partial charge on any atom is -0.353 e. The summed E-state index contributed by atoms with van der Waals surface area (Å²) in [5, 5.41) is 4.35. The van der Waals surface area contributed by atoms with E-state index >= 15 is 0 Å². The topological polar surface area (TPSA) is 45.2 Å². The number of rotatable bonds is 6. The number of carbonyl (C=O) groups is 1. The maximum atomic E-state index is 12.3. The Bertz CT molecular complexity index is 973. The largest absolute Gasteiger partial charge is 0.353 e. The Labute approximate surface area is 200 Å². The van der Waals surface area contributed by atoms with Crippen LogP contribution in [0.3, 0.4) is 0 Å². The first-order valence-electron chi connectivity index (χ1n) is 9.51. The van der Waals surface area contributed by atoms with Gasteiger partial charge in [-0.05, 0) is 42.7 Å². The Hall–Kier alpha value is -1.02. The van der Waals surface area contributed by atoms with Crippen LogP contribution in [0.1, 0.15) is 18.4 Å². The van der Waals surface area contributed by atoms with Crippen molar-refractivity contribution in [1.82, 2.24) is 15.2 Å². The SMILES string of the molecule is Cl.O=C(CSc1nc2ccccc2s1)NC1CCN(Cc2ccc(Cl)c(Cl)c2)CC1. The minimum atomic E-state index is 0. The third-order valence-electron chi connectivity index (χ3n) is 4.94. The van der Waals surface area contributed by atoms with Crippen LogP contribution in [0.25, 0.3) is 10.2 Å². The molecule has 160 valence electrons. The number of nitrogens with zero attached hydrogens (tertiary/aromatic N) is 2. The molecule has 1 amide bonds. The van der Waals surface area contributed by atoms with Gasteiger partial charge in [-0.15, -0.1) is 23.7 Å². The number of para-hydroxylation sites is 1. The van der Waals surface area contributed by atoms with Crippen molar-refractivity contribution in [2.45, 2.75) is 29.8 Å². The highest BCUT2D eigenvalue weighted by atomic mass is 35.5. The van der Waals surface area contributed by atoms with E-state index in [1.54, 1.807) is 11.3 Å². The summed E-state index contributed by atoms with van der Waals surface area (Å²) in [4.78, 5) is 19.3. The maximum absolute atomic E-state index is 12.3. The van der Waals surface area contributed by atoms with E-state index in [1.165, 1.54) is 11.8 Å². The molecule has 1 aliphatic heterocycles. The van der Waals surface area contributed by atoms with Crippen LogP contribution < -0.4 is 5.32 Å². The molecular weight excluding hydrogens is 481 g/mol. The van der Waals surface area contributed by atoms with Gasteiger partial charge >= 0.3 is 0 Å². The number of thiazole rings is 1. The summed E-state index contributed by atoms with van der Waals surface area (Å²) in [5.41, 5.74) is 2.16. The predicted octanol–water partition coefficient (Wildman–Crippen LogP) is 5.90. The van der Waals surface area contributed by atoms with E-state index in [2.05, 4.69) is 21.3 Å². The molecule has 1 aromatic heterocycles. The Morgan fingerprint density at radius 1 is 1.17 bits per heavy atom. The van der Waals surface area contributed by atoms with Crippen LogP contribution >= 0.6 is 58.7 Å². The van der Waals surface area contributed by atoms with E-state index in [4.69, 9.17) is 23.2 Å². The van der Waals surface area contributed by atoms with Crippen LogP contribution in [-0.2, 0) is 11.3 Å². The quantitative estimate of drug-likeness (QED) is 0.426. The normalized spacial score (nSPS) is 15.1. The fraction of sp³-hybridized carbons (Fsp3) is 0.333. The molecule has 1 aliphatic rings.